The van der Waals surface area contributed by atoms with E-state index in [2.05, 4.69) is 10.3 Å². The van der Waals surface area contributed by atoms with Gasteiger partial charge in [-0.15, -0.1) is 0 Å². The van der Waals surface area contributed by atoms with Crippen molar-refractivity contribution in [2.24, 2.45) is 5.92 Å². The summed E-state index contributed by atoms with van der Waals surface area (Å²) < 4.78 is 5.53. The molecule has 25 heavy (non-hydrogen) atoms. The fourth-order valence-corrected chi connectivity index (χ4v) is 3.15. The summed E-state index contributed by atoms with van der Waals surface area (Å²) in [5.41, 5.74) is 2.66. The van der Waals surface area contributed by atoms with E-state index >= 15 is 0 Å². The molecule has 1 N–H and O–H groups in total. The molecule has 0 saturated carbocycles. The van der Waals surface area contributed by atoms with Crippen molar-refractivity contribution in [1.29, 1.82) is 0 Å². The van der Waals surface area contributed by atoms with E-state index in [1.54, 1.807) is 12.4 Å². The van der Waals surface area contributed by atoms with Crippen molar-refractivity contribution >= 4 is 17.3 Å². The van der Waals surface area contributed by atoms with E-state index in [1.165, 1.54) is 0 Å². The number of amides is 1. The van der Waals surface area contributed by atoms with Gasteiger partial charge in [-0.25, -0.2) is 0 Å². The molecule has 1 saturated heterocycles. The second-order valence-electron chi connectivity index (χ2n) is 6.36. The van der Waals surface area contributed by atoms with Crippen molar-refractivity contribution in [1.82, 2.24) is 9.88 Å². The zero-order chi connectivity index (χ0) is 17.5. The summed E-state index contributed by atoms with van der Waals surface area (Å²) in [4.78, 5) is 18.7. The molecule has 1 aromatic carbocycles. The number of aromatic nitrogens is 1. The van der Waals surface area contributed by atoms with Gasteiger partial charge in [0.2, 0.25) is 0 Å². The molecule has 0 bridgehead atoms. The van der Waals surface area contributed by atoms with Gasteiger partial charge >= 0.3 is 0 Å². The third kappa shape index (κ3) is 4.79. The quantitative estimate of drug-likeness (QED) is 0.871. The minimum Gasteiger partial charge on any atom is -0.381 e. The molecule has 5 nitrogen and oxygen atoms in total. The molecule has 1 amide bonds. The lowest BCUT2D eigenvalue weighted by Gasteiger charge is -2.32. The average Bonchev–Trinajstić information content (AvgIpc) is 2.67. The molecule has 5 heteroatoms. The topological polar surface area (TPSA) is 54.5 Å². The fourth-order valence-electron chi connectivity index (χ4n) is 3.15. The van der Waals surface area contributed by atoms with Crippen LogP contribution in [0.15, 0.2) is 48.8 Å². The van der Waals surface area contributed by atoms with Crippen LogP contribution in [0.5, 0.6) is 0 Å². The molecular formula is C20H25N3O2. The van der Waals surface area contributed by atoms with Gasteiger partial charge in [-0.05, 0) is 62.1 Å². The lowest BCUT2D eigenvalue weighted by molar-refractivity contribution is 0.0501. The number of nitrogens with zero attached hydrogens (tertiary/aromatic N) is 2. The van der Waals surface area contributed by atoms with Gasteiger partial charge < -0.3 is 15.0 Å². The number of carbonyl (C=O) groups excluding carboxylic acids is 1. The third-order valence-corrected chi connectivity index (χ3v) is 4.46. The number of benzene rings is 1. The maximum absolute atomic E-state index is 12.7. The average molecular weight is 339 g/mol. The molecule has 1 fully saturated rings. The first-order valence-electron chi connectivity index (χ1n) is 8.90. The van der Waals surface area contributed by atoms with Crippen LogP contribution in [0.3, 0.4) is 0 Å². The normalized spacial score (nSPS) is 17.3. The minimum atomic E-state index is 0.108. The lowest BCUT2D eigenvalue weighted by atomic mass is 9.98. The number of pyridine rings is 1. The van der Waals surface area contributed by atoms with E-state index in [9.17, 15) is 4.79 Å². The molecular weight excluding hydrogens is 314 g/mol. The van der Waals surface area contributed by atoms with Gasteiger partial charge in [0.1, 0.15) is 0 Å². The molecule has 1 aromatic heterocycles. The number of piperidine rings is 1. The number of hydrogen-bond acceptors (Lipinski definition) is 4. The van der Waals surface area contributed by atoms with Crippen molar-refractivity contribution in [2.75, 3.05) is 31.6 Å². The molecule has 132 valence electrons. The summed E-state index contributed by atoms with van der Waals surface area (Å²) in [6, 6.07) is 11.5. The summed E-state index contributed by atoms with van der Waals surface area (Å²) in [7, 11) is 0. The van der Waals surface area contributed by atoms with Crippen LogP contribution >= 0.6 is 0 Å². The van der Waals surface area contributed by atoms with Crippen LogP contribution in [0.1, 0.15) is 30.1 Å². The minimum absolute atomic E-state index is 0.108. The van der Waals surface area contributed by atoms with E-state index in [0.717, 1.165) is 56.1 Å². The van der Waals surface area contributed by atoms with Gasteiger partial charge in [0.25, 0.3) is 5.91 Å². The largest absolute Gasteiger partial charge is 0.381 e. The molecule has 1 aliphatic rings. The summed E-state index contributed by atoms with van der Waals surface area (Å²) in [5, 5.41) is 3.30. The Bertz CT molecular complexity index is 673. The van der Waals surface area contributed by atoms with E-state index in [4.69, 9.17) is 4.74 Å². The van der Waals surface area contributed by atoms with Crippen LogP contribution in [0.25, 0.3) is 0 Å². The van der Waals surface area contributed by atoms with E-state index in [-0.39, 0.29) is 5.91 Å². The molecule has 1 atom stereocenters. The molecule has 1 aliphatic heterocycles. The first-order chi connectivity index (χ1) is 12.3. The monoisotopic (exact) mass is 339 g/mol. The number of carbonyl (C=O) groups is 1. The van der Waals surface area contributed by atoms with Gasteiger partial charge in [0, 0.05) is 49.0 Å². The number of nitrogens with one attached hydrogen (secondary N) is 1. The molecule has 3 rings (SSSR count). The summed E-state index contributed by atoms with van der Waals surface area (Å²) in [5.74, 6) is 0.557. The Morgan fingerprint density at radius 3 is 2.64 bits per heavy atom. The zero-order valence-electron chi connectivity index (χ0n) is 14.6. The van der Waals surface area contributed by atoms with E-state index in [0.29, 0.717) is 5.92 Å². The second-order valence-corrected chi connectivity index (χ2v) is 6.36. The van der Waals surface area contributed by atoms with Crippen LogP contribution < -0.4 is 5.32 Å². The van der Waals surface area contributed by atoms with Crippen molar-refractivity contribution in [3.63, 3.8) is 0 Å². The van der Waals surface area contributed by atoms with E-state index in [1.807, 2.05) is 48.2 Å². The van der Waals surface area contributed by atoms with Gasteiger partial charge in [0.05, 0.1) is 6.61 Å². The van der Waals surface area contributed by atoms with Crippen molar-refractivity contribution in [3.05, 3.63) is 54.4 Å². The Hall–Kier alpha value is -2.40. The number of likely N-dealkylation sites (tertiary alicyclic amines) is 1. The van der Waals surface area contributed by atoms with Crippen LogP contribution in [-0.2, 0) is 4.74 Å². The maximum Gasteiger partial charge on any atom is 0.253 e. The number of anilines is 2. The molecule has 0 spiro atoms. The predicted octanol–water partition coefficient (Wildman–Crippen LogP) is 3.71. The third-order valence-electron chi connectivity index (χ3n) is 4.46. The van der Waals surface area contributed by atoms with Crippen LogP contribution in [0.2, 0.25) is 0 Å². The van der Waals surface area contributed by atoms with Gasteiger partial charge in [-0.2, -0.15) is 0 Å². The first-order valence-corrected chi connectivity index (χ1v) is 8.90. The SMILES string of the molecule is CCOC[C@H]1CCCN(C(=O)c2ccc(Nc3ccncc3)cc2)C1. The summed E-state index contributed by atoms with van der Waals surface area (Å²) in [6.07, 6.45) is 5.67. The Morgan fingerprint density at radius 1 is 1.20 bits per heavy atom. The number of rotatable bonds is 6. The predicted molar refractivity (Wildman–Crippen MR) is 99.1 cm³/mol. The molecule has 0 aliphatic carbocycles. The summed E-state index contributed by atoms with van der Waals surface area (Å²) in [6.45, 7) is 5.10. The zero-order valence-corrected chi connectivity index (χ0v) is 14.6. The van der Waals surface area contributed by atoms with Gasteiger partial charge in [-0.3, -0.25) is 9.78 Å². The highest BCUT2D eigenvalue weighted by Gasteiger charge is 2.24. The second kappa shape index (κ2) is 8.62. The molecule has 2 heterocycles. The van der Waals surface area contributed by atoms with Crippen LogP contribution in [-0.4, -0.2) is 42.1 Å². The lowest BCUT2D eigenvalue weighted by Crippen LogP contribution is -2.41. The highest BCUT2D eigenvalue weighted by atomic mass is 16.5. The Kier molecular flexibility index (Phi) is 6.01. The summed E-state index contributed by atoms with van der Waals surface area (Å²) >= 11 is 0. The van der Waals surface area contributed by atoms with Gasteiger partial charge in [0.15, 0.2) is 0 Å². The van der Waals surface area contributed by atoms with Crippen molar-refractivity contribution in [3.8, 4) is 0 Å². The Balaban J connectivity index is 1.60. The van der Waals surface area contributed by atoms with Crippen molar-refractivity contribution in [2.45, 2.75) is 19.8 Å². The van der Waals surface area contributed by atoms with Gasteiger partial charge in [-0.1, -0.05) is 0 Å². The molecule has 0 radical (unpaired) electrons. The Morgan fingerprint density at radius 2 is 1.92 bits per heavy atom. The first kappa shape index (κ1) is 17.4. The Labute approximate surface area is 149 Å². The molecule has 2 aromatic rings. The maximum atomic E-state index is 12.7. The molecule has 0 unspecified atom stereocenters. The highest BCUT2D eigenvalue weighted by molar-refractivity contribution is 5.94. The number of ether oxygens (including phenoxy) is 1. The van der Waals surface area contributed by atoms with Crippen LogP contribution in [0.4, 0.5) is 11.4 Å². The smallest absolute Gasteiger partial charge is 0.253 e. The number of hydrogen-bond donors (Lipinski definition) is 1. The van der Waals surface area contributed by atoms with Crippen molar-refractivity contribution < 1.29 is 9.53 Å². The fraction of sp³-hybridized carbons (Fsp3) is 0.400. The van der Waals surface area contributed by atoms with Crippen LogP contribution in [0, 0.1) is 5.92 Å². The standard InChI is InChI=1S/C20H25N3O2/c1-2-25-15-16-4-3-13-23(14-16)20(24)17-5-7-18(8-6-17)22-19-9-11-21-12-10-19/h5-12,16H,2-4,13-15H2,1H3,(H,21,22)/t16-/m0/s1. The van der Waals surface area contributed by atoms with E-state index < -0.39 is 0 Å². The highest BCUT2D eigenvalue weighted by Crippen LogP contribution is 2.21.